The number of rotatable bonds is 8. The maximum Gasteiger partial charge on any atom is 0.335 e. The van der Waals surface area contributed by atoms with Crippen molar-refractivity contribution in [2.24, 2.45) is 5.41 Å². The summed E-state index contributed by atoms with van der Waals surface area (Å²) in [5.74, 6) is -1.38. The molecule has 0 amide bonds. The molecule has 0 fully saturated rings. The summed E-state index contributed by atoms with van der Waals surface area (Å²) in [4.78, 5) is 40.7. The predicted molar refractivity (Wildman–Crippen MR) is 112 cm³/mol. The maximum absolute atomic E-state index is 13.0. The molecule has 0 aromatic heterocycles. The fourth-order valence-electron chi connectivity index (χ4n) is 3.71. The van der Waals surface area contributed by atoms with E-state index in [1.54, 1.807) is 45.0 Å². The van der Waals surface area contributed by atoms with Gasteiger partial charge in [0.1, 0.15) is 5.41 Å². The molecular weight excluding hydrogens is 394 g/mol. The van der Waals surface area contributed by atoms with Crippen LogP contribution in [0.3, 0.4) is 0 Å². The number of anilines is 1. The normalized spacial score (nSPS) is 19.1. The van der Waals surface area contributed by atoms with E-state index in [-0.39, 0.29) is 38.4 Å². The van der Waals surface area contributed by atoms with Gasteiger partial charge in [0.25, 0.3) is 0 Å². The highest BCUT2D eigenvalue weighted by Gasteiger charge is 2.52. The Morgan fingerprint density at radius 1 is 1.03 bits per heavy atom. The molecule has 0 saturated heterocycles. The van der Waals surface area contributed by atoms with Crippen molar-refractivity contribution >= 4 is 35.0 Å². The highest BCUT2D eigenvalue weighted by Crippen LogP contribution is 2.42. The molecule has 0 spiro atoms. The van der Waals surface area contributed by atoms with E-state index < -0.39 is 17.4 Å². The van der Waals surface area contributed by atoms with E-state index in [2.05, 4.69) is 0 Å². The van der Waals surface area contributed by atoms with E-state index in [0.717, 1.165) is 11.4 Å². The largest absolute Gasteiger partial charge is 0.465 e. The molecule has 0 saturated carbocycles. The number of carbonyl (C=O) groups is 3. The first-order valence-corrected chi connectivity index (χ1v) is 10.3. The van der Waals surface area contributed by atoms with Crippen LogP contribution in [0.1, 0.15) is 47.0 Å². The first kappa shape index (κ1) is 22.9. The minimum absolute atomic E-state index is 0.0232. The fourth-order valence-corrected chi connectivity index (χ4v) is 3.84. The number of benzene rings is 1. The van der Waals surface area contributed by atoms with Gasteiger partial charge in [0.2, 0.25) is 0 Å². The number of hydrogen-bond donors (Lipinski definition) is 0. The van der Waals surface area contributed by atoms with Gasteiger partial charge in [0, 0.05) is 35.8 Å². The smallest absolute Gasteiger partial charge is 0.335 e. The molecule has 0 N–H and O–H groups in total. The molecule has 1 aliphatic rings. The summed E-state index contributed by atoms with van der Waals surface area (Å²) in [6.07, 6.45) is 0.672. The SMILES string of the molecule is CCOC(=O)C1=C(CC)N(c2ccc(Cl)cc2)CC(C(=O)CC)(C(=O)OCC)C1. The Morgan fingerprint density at radius 3 is 2.17 bits per heavy atom. The third-order valence-electron chi connectivity index (χ3n) is 5.10. The molecule has 1 aromatic rings. The second kappa shape index (κ2) is 9.92. The van der Waals surface area contributed by atoms with Gasteiger partial charge in [-0.2, -0.15) is 0 Å². The van der Waals surface area contributed by atoms with Gasteiger partial charge in [-0.15, -0.1) is 0 Å². The van der Waals surface area contributed by atoms with Crippen molar-refractivity contribution in [1.82, 2.24) is 0 Å². The summed E-state index contributed by atoms with van der Waals surface area (Å²) in [7, 11) is 0. The van der Waals surface area contributed by atoms with E-state index in [1.807, 2.05) is 11.8 Å². The molecule has 0 aliphatic carbocycles. The lowest BCUT2D eigenvalue weighted by molar-refractivity contribution is -0.160. The van der Waals surface area contributed by atoms with Crippen molar-refractivity contribution in [2.45, 2.75) is 47.0 Å². The van der Waals surface area contributed by atoms with Crippen LogP contribution in [0.15, 0.2) is 35.5 Å². The van der Waals surface area contributed by atoms with E-state index >= 15 is 0 Å². The number of ketones is 1. The third kappa shape index (κ3) is 4.64. The van der Waals surface area contributed by atoms with Crippen molar-refractivity contribution in [1.29, 1.82) is 0 Å². The lowest BCUT2D eigenvalue weighted by atomic mass is 9.72. The van der Waals surface area contributed by atoms with Crippen LogP contribution in [0.25, 0.3) is 0 Å². The summed E-state index contributed by atoms with van der Waals surface area (Å²) < 4.78 is 10.5. The first-order chi connectivity index (χ1) is 13.8. The van der Waals surface area contributed by atoms with Crippen LogP contribution >= 0.6 is 11.6 Å². The minimum atomic E-state index is -1.47. The Morgan fingerprint density at radius 2 is 1.66 bits per heavy atom. The Bertz CT molecular complexity index is 802. The standard InChI is InChI=1S/C22H28ClNO5/c1-5-18-17(20(26)28-7-3)13-22(19(25)6-2,21(27)29-8-4)14-24(18)16-11-9-15(23)10-12-16/h9-12H,5-8,13-14H2,1-4H3. The summed E-state index contributed by atoms with van der Waals surface area (Å²) in [6, 6.07) is 7.07. The zero-order valence-electron chi connectivity index (χ0n) is 17.4. The number of carbonyl (C=O) groups excluding carboxylic acids is 3. The molecule has 1 heterocycles. The maximum atomic E-state index is 13.0. The second-order valence-corrected chi connectivity index (χ2v) is 7.25. The van der Waals surface area contributed by atoms with E-state index in [1.165, 1.54) is 0 Å². The van der Waals surface area contributed by atoms with Gasteiger partial charge in [-0.05, 0) is 44.5 Å². The van der Waals surface area contributed by atoms with Gasteiger partial charge >= 0.3 is 11.9 Å². The Hall–Kier alpha value is -2.34. The lowest BCUT2D eigenvalue weighted by Crippen LogP contribution is -2.53. The van der Waals surface area contributed by atoms with Gasteiger partial charge in [0.15, 0.2) is 5.78 Å². The first-order valence-electron chi connectivity index (χ1n) is 9.97. The molecule has 0 radical (unpaired) electrons. The van der Waals surface area contributed by atoms with E-state index in [9.17, 15) is 14.4 Å². The Labute approximate surface area is 176 Å². The predicted octanol–water partition coefficient (Wildman–Crippen LogP) is 4.31. The molecule has 1 aromatic carbocycles. The summed E-state index contributed by atoms with van der Waals surface area (Å²) in [5.41, 5.74) is 0.343. The average Bonchev–Trinajstić information content (AvgIpc) is 2.72. The van der Waals surface area contributed by atoms with Crippen LogP contribution in [0, 0.1) is 5.41 Å². The molecule has 1 atom stereocenters. The van der Waals surface area contributed by atoms with Crippen molar-refractivity contribution in [3.63, 3.8) is 0 Å². The van der Waals surface area contributed by atoms with Crippen LogP contribution in [-0.4, -0.2) is 37.5 Å². The molecule has 158 valence electrons. The highest BCUT2D eigenvalue weighted by molar-refractivity contribution is 6.30. The van der Waals surface area contributed by atoms with Crippen LogP contribution in [-0.2, 0) is 23.9 Å². The summed E-state index contributed by atoms with van der Waals surface area (Å²) in [6.45, 7) is 7.51. The third-order valence-corrected chi connectivity index (χ3v) is 5.35. The zero-order chi connectivity index (χ0) is 21.6. The Kier molecular flexibility index (Phi) is 7.85. The minimum Gasteiger partial charge on any atom is -0.465 e. The van der Waals surface area contributed by atoms with Crippen molar-refractivity contribution in [3.8, 4) is 0 Å². The summed E-state index contributed by atoms with van der Waals surface area (Å²) in [5, 5.41) is 0.569. The van der Waals surface area contributed by atoms with Crippen molar-refractivity contribution in [3.05, 3.63) is 40.6 Å². The molecular formula is C22H28ClNO5. The number of allylic oxidation sites excluding steroid dienone is 1. The molecule has 7 heteroatoms. The number of nitrogens with zero attached hydrogens (tertiary/aromatic N) is 1. The molecule has 1 unspecified atom stereocenters. The van der Waals surface area contributed by atoms with Crippen LogP contribution < -0.4 is 4.90 Å². The van der Waals surface area contributed by atoms with Gasteiger partial charge < -0.3 is 14.4 Å². The van der Waals surface area contributed by atoms with Crippen molar-refractivity contribution < 1.29 is 23.9 Å². The molecule has 0 bridgehead atoms. The zero-order valence-corrected chi connectivity index (χ0v) is 18.2. The number of halogens is 1. The highest BCUT2D eigenvalue weighted by atomic mass is 35.5. The molecule has 2 rings (SSSR count). The van der Waals surface area contributed by atoms with Gasteiger partial charge in [-0.3, -0.25) is 9.59 Å². The second-order valence-electron chi connectivity index (χ2n) is 6.82. The van der Waals surface area contributed by atoms with Gasteiger partial charge in [-0.25, -0.2) is 4.79 Å². The quantitative estimate of drug-likeness (QED) is 0.460. The fraction of sp³-hybridized carbons (Fsp3) is 0.500. The average molecular weight is 422 g/mol. The number of hydrogen-bond acceptors (Lipinski definition) is 6. The molecule has 1 aliphatic heterocycles. The lowest BCUT2D eigenvalue weighted by Gasteiger charge is -2.42. The topological polar surface area (TPSA) is 72.9 Å². The summed E-state index contributed by atoms with van der Waals surface area (Å²) >= 11 is 6.03. The van der Waals surface area contributed by atoms with Crippen molar-refractivity contribution in [2.75, 3.05) is 24.7 Å². The monoisotopic (exact) mass is 421 g/mol. The van der Waals surface area contributed by atoms with Crippen LogP contribution in [0.2, 0.25) is 5.02 Å². The molecule has 6 nitrogen and oxygen atoms in total. The number of ether oxygens (including phenoxy) is 2. The molecule has 29 heavy (non-hydrogen) atoms. The Balaban J connectivity index is 2.69. The van der Waals surface area contributed by atoms with E-state index in [0.29, 0.717) is 17.0 Å². The number of Topliss-reactive ketones (excluding diaryl/α,β-unsaturated/α-hetero) is 1. The number of esters is 2. The van der Waals surface area contributed by atoms with Crippen LogP contribution in [0.5, 0.6) is 0 Å². The van der Waals surface area contributed by atoms with Gasteiger partial charge in [-0.1, -0.05) is 25.4 Å². The van der Waals surface area contributed by atoms with E-state index in [4.69, 9.17) is 21.1 Å². The van der Waals surface area contributed by atoms with Crippen LogP contribution in [0.4, 0.5) is 5.69 Å². The van der Waals surface area contributed by atoms with Gasteiger partial charge in [0.05, 0.1) is 18.8 Å².